The molecular formula is C17H27N3O. The predicted molar refractivity (Wildman–Crippen MR) is 85.9 cm³/mol. The summed E-state index contributed by atoms with van der Waals surface area (Å²) >= 11 is 0. The lowest BCUT2D eigenvalue weighted by Crippen LogP contribution is -2.58. The van der Waals surface area contributed by atoms with Gasteiger partial charge in [-0.2, -0.15) is 0 Å². The van der Waals surface area contributed by atoms with Crippen molar-refractivity contribution < 1.29 is 4.79 Å². The normalized spacial score (nSPS) is 20.3. The molecule has 21 heavy (non-hydrogen) atoms. The van der Waals surface area contributed by atoms with Gasteiger partial charge < -0.3 is 10.6 Å². The number of hydrogen-bond donors (Lipinski definition) is 1. The molecule has 0 radical (unpaired) electrons. The number of likely N-dealkylation sites (N-methyl/N-ethyl adjacent to an activating group) is 1. The fourth-order valence-electron chi connectivity index (χ4n) is 2.76. The third-order valence-corrected chi connectivity index (χ3v) is 4.57. The Hall–Kier alpha value is -1.39. The second-order valence-electron chi connectivity index (χ2n) is 6.61. The van der Waals surface area contributed by atoms with Crippen LogP contribution < -0.4 is 5.73 Å². The van der Waals surface area contributed by atoms with Gasteiger partial charge in [-0.25, -0.2) is 0 Å². The lowest BCUT2D eigenvalue weighted by Gasteiger charge is -2.45. The lowest BCUT2D eigenvalue weighted by atomic mass is 9.98. The molecule has 1 saturated heterocycles. The Bertz CT molecular complexity index is 472. The molecule has 4 nitrogen and oxygen atoms in total. The topological polar surface area (TPSA) is 49.6 Å². The molecule has 1 aromatic rings. The first kappa shape index (κ1) is 16.0. The smallest absolute Gasteiger partial charge is 0.222 e. The highest BCUT2D eigenvalue weighted by atomic mass is 16.2. The van der Waals surface area contributed by atoms with Gasteiger partial charge in [0.25, 0.3) is 0 Å². The summed E-state index contributed by atoms with van der Waals surface area (Å²) in [6.07, 6.45) is 1.23. The second kappa shape index (κ2) is 6.58. The molecule has 1 atom stereocenters. The molecule has 1 fully saturated rings. The van der Waals surface area contributed by atoms with Gasteiger partial charge in [-0.3, -0.25) is 9.69 Å². The van der Waals surface area contributed by atoms with Gasteiger partial charge in [-0.1, -0.05) is 30.3 Å². The molecule has 1 heterocycles. The van der Waals surface area contributed by atoms with Crippen molar-refractivity contribution in [1.29, 1.82) is 0 Å². The number of carbonyl (C=O) groups excluding carboxylic acids is 1. The van der Waals surface area contributed by atoms with Gasteiger partial charge in [0.15, 0.2) is 0 Å². The molecule has 1 aromatic carbocycles. The summed E-state index contributed by atoms with van der Waals surface area (Å²) in [4.78, 5) is 16.7. The van der Waals surface area contributed by atoms with Crippen LogP contribution in [0.25, 0.3) is 0 Å². The fraction of sp³-hybridized carbons (Fsp3) is 0.588. The molecule has 1 unspecified atom stereocenters. The average Bonchev–Trinajstić information content (AvgIpc) is 2.48. The van der Waals surface area contributed by atoms with Crippen LogP contribution in [0.3, 0.4) is 0 Å². The zero-order valence-corrected chi connectivity index (χ0v) is 13.4. The third kappa shape index (κ3) is 4.05. The summed E-state index contributed by atoms with van der Waals surface area (Å²) in [5, 5.41) is 0. The summed E-state index contributed by atoms with van der Waals surface area (Å²) in [5.74, 6) is 0.225. The third-order valence-electron chi connectivity index (χ3n) is 4.57. The van der Waals surface area contributed by atoms with E-state index in [0.717, 1.165) is 25.2 Å². The number of amides is 1. The SMILES string of the molecule is CN1CCN(C(=O)CCC(N)c2ccccc2)CC1(C)C. The largest absolute Gasteiger partial charge is 0.340 e. The van der Waals surface area contributed by atoms with Crippen molar-refractivity contribution >= 4 is 5.91 Å². The van der Waals surface area contributed by atoms with Gasteiger partial charge in [0.05, 0.1) is 0 Å². The molecule has 0 aromatic heterocycles. The second-order valence-corrected chi connectivity index (χ2v) is 6.61. The number of nitrogens with two attached hydrogens (primary N) is 1. The molecule has 0 spiro atoms. The minimum atomic E-state index is -0.0596. The Morgan fingerprint density at radius 3 is 2.57 bits per heavy atom. The number of carbonyl (C=O) groups is 1. The maximum atomic E-state index is 12.4. The van der Waals surface area contributed by atoms with Crippen LogP contribution in [0.15, 0.2) is 30.3 Å². The maximum absolute atomic E-state index is 12.4. The number of rotatable bonds is 4. The molecule has 1 aliphatic heterocycles. The Balaban J connectivity index is 1.85. The Morgan fingerprint density at radius 1 is 1.29 bits per heavy atom. The Kier molecular flexibility index (Phi) is 5.01. The predicted octanol–water partition coefficient (Wildman–Crippen LogP) is 2.02. The minimum absolute atomic E-state index is 0.0510. The minimum Gasteiger partial charge on any atom is -0.340 e. The molecule has 0 aliphatic carbocycles. The van der Waals surface area contributed by atoms with Crippen LogP contribution in [0.2, 0.25) is 0 Å². The van der Waals surface area contributed by atoms with Crippen molar-refractivity contribution in [3.63, 3.8) is 0 Å². The van der Waals surface area contributed by atoms with Crippen LogP contribution in [-0.4, -0.2) is 47.9 Å². The zero-order chi connectivity index (χ0) is 15.5. The van der Waals surface area contributed by atoms with E-state index in [0.29, 0.717) is 12.8 Å². The standard InChI is InChI=1S/C17H27N3O/c1-17(2)13-20(12-11-19(17)3)16(21)10-9-15(18)14-7-5-4-6-8-14/h4-8,15H,9-13,18H2,1-3H3. The zero-order valence-electron chi connectivity index (χ0n) is 13.4. The van der Waals surface area contributed by atoms with Crippen LogP contribution in [0.5, 0.6) is 0 Å². The van der Waals surface area contributed by atoms with Crippen molar-refractivity contribution in [3.8, 4) is 0 Å². The highest BCUT2D eigenvalue weighted by Crippen LogP contribution is 2.21. The molecule has 2 rings (SSSR count). The van der Waals surface area contributed by atoms with E-state index in [1.54, 1.807) is 0 Å². The highest BCUT2D eigenvalue weighted by molar-refractivity contribution is 5.76. The van der Waals surface area contributed by atoms with Gasteiger partial charge in [-0.05, 0) is 32.9 Å². The molecular weight excluding hydrogens is 262 g/mol. The van der Waals surface area contributed by atoms with E-state index in [9.17, 15) is 4.79 Å². The van der Waals surface area contributed by atoms with Gasteiger partial charge in [-0.15, -0.1) is 0 Å². The number of benzene rings is 1. The van der Waals surface area contributed by atoms with E-state index in [1.165, 1.54) is 0 Å². The van der Waals surface area contributed by atoms with Crippen LogP contribution in [0.1, 0.15) is 38.3 Å². The van der Waals surface area contributed by atoms with Gasteiger partial charge in [0.1, 0.15) is 0 Å². The van der Waals surface area contributed by atoms with Crippen LogP contribution in [0.4, 0.5) is 0 Å². The molecule has 4 heteroatoms. The Labute approximate surface area is 127 Å². The first-order valence-corrected chi connectivity index (χ1v) is 7.70. The quantitative estimate of drug-likeness (QED) is 0.922. The first-order chi connectivity index (χ1) is 9.90. The van der Waals surface area contributed by atoms with E-state index in [-0.39, 0.29) is 17.5 Å². The van der Waals surface area contributed by atoms with Gasteiger partial charge in [0, 0.05) is 37.6 Å². The summed E-state index contributed by atoms with van der Waals surface area (Å²) in [6, 6.07) is 9.94. The van der Waals surface area contributed by atoms with E-state index in [2.05, 4.69) is 25.8 Å². The van der Waals surface area contributed by atoms with E-state index < -0.39 is 0 Å². The number of hydrogen-bond acceptors (Lipinski definition) is 3. The first-order valence-electron chi connectivity index (χ1n) is 7.70. The Morgan fingerprint density at radius 2 is 1.95 bits per heavy atom. The van der Waals surface area contributed by atoms with Crippen molar-refractivity contribution in [3.05, 3.63) is 35.9 Å². The summed E-state index contributed by atoms with van der Waals surface area (Å²) in [5.41, 5.74) is 7.32. The summed E-state index contributed by atoms with van der Waals surface area (Å²) < 4.78 is 0. The van der Waals surface area contributed by atoms with Crippen LogP contribution >= 0.6 is 0 Å². The van der Waals surface area contributed by atoms with Crippen molar-refractivity contribution in [2.24, 2.45) is 5.73 Å². The van der Waals surface area contributed by atoms with E-state index in [1.807, 2.05) is 35.2 Å². The number of piperazine rings is 1. The molecule has 1 aliphatic rings. The van der Waals surface area contributed by atoms with Crippen molar-refractivity contribution in [2.45, 2.75) is 38.3 Å². The van der Waals surface area contributed by atoms with E-state index >= 15 is 0 Å². The highest BCUT2D eigenvalue weighted by Gasteiger charge is 2.32. The molecule has 0 bridgehead atoms. The monoisotopic (exact) mass is 289 g/mol. The maximum Gasteiger partial charge on any atom is 0.222 e. The average molecular weight is 289 g/mol. The fourth-order valence-corrected chi connectivity index (χ4v) is 2.76. The van der Waals surface area contributed by atoms with E-state index in [4.69, 9.17) is 5.73 Å². The van der Waals surface area contributed by atoms with Gasteiger partial charge >= 0.3 is 0 Å². The van der Waals surface area contributed by atoms with Crippen LogP contribution in [-0.2, 0) is 4.79 Å². The molecule has 2 N–H and O–H groups in total. The molecule has 116 valence electrons. The van der Waals surface area contributed by atoms with Crippen molar-refractivity contribution in [2.75, 3.05) is 26.7 Å². The van der Waals surface area contributed by atoms with Crippen molar-refractivity contribution in [1.82, 2.24) is 9.80 Å². The summed E-state index contributed by atoms with van der Waals surface area (Å²) in [6.45, 7) is 6.91. The summed E-state index contributed by atoms with van der Waals surface area (Å²) in [7, 11) is 2.12. The molecule has 0 saturated carbocycles. The van der Waals surface area contributed by atoms with Gasteiger partial charge in [0.2, 0.25) is 5.91 Å². The number of nitrogens with zero attached hydrogens (tertiary/aromatic N) is 2. The lowest BCUT2D eigenvalue weighted by molar-refractivity contribution is -0.135. The molecule has 1 amide bonds. The van der Waals surface area contributed by atoms with Crippen LogP contribution in [0, 0.1) is 0 Å².